The van der Waals surface area contributed by atoms with Crippen molar-refractivity contribution in [3.05, 3.63) is 95.6 Å². The summed E-state index contributed by atoms with van der Waals surface area (Å²) >= 11 is 0. The molecule has 1 amide bonds. The molecule has 3 aromatic rings. The lowest BCUT2D eigenvalue weighted by atomic mass is 9.95. The predicted octanol–water partition coefficient (Wildman–Crippen LogP) is 6.13. The summed E-state index contributed by atoms with van der Waals surface area (Å²) < 4.78 is 11.5. The molecule has 1 fully saturated rings. The Morgan fingerprint density at radius 1 is 0.889 bits per heavy atom. The number of aliphatic hydroxyl groups excluding tert-OH is 1. The van der Waals surface area contributed by atoms with Crippen molar-refractivity contribution in [1.29, 1.82) is 0 Å². The third-order valence-electron chi connectivity index (χ3n) is 5.74. The summed E-state index contributed by atoms with van der Waals surface area (Å²) in [7, 11) is 0. The van der Waals surface area contributed by atoms with E-state index in [0.717, 1.165) is 0 Å². The zero-order chi connectivity index (χ0) is 25.8. The summed E-state index contributed by atoms with van der Waals surface area (Å²) in [5.41, 5.74) is 1.70. The van der Waals surface area contributed by atoms with Gasteiger partial charge in [0.1, 0.15) is 17.3 Å². The number of ether oxygens (including phenoxy) is 2. The maximum atomic E-state index is 13.3. The van der Waals surface area contributed by atoms with Gasteiger partial charge in [-0.05, 0) is 61.7 Å². The number of aliphatic hydroxyl groups is 1. The molecule has 0 spiro atoms. The SMILES string of the molecule is CC(C)COc1cccc(/C(O)=C2/C(=O)C(=O)N(c3ccc(OC(C)C)cc3)C2c2ccccc2)c1. The van der Waals surface area contributed by atoms with E-state index in [4.69, 9.17) is 9.47 Å². The maximum Gasteiger partial charge on any atom is 0.300 e. The molecule has 0 radical (unpaired) electrons. The number of carbonyl (C=O) groups excluding carboxylic acids is 2. The van der Waals surface area contributed by atoms with Crippen LogP contribution in [0.1, 0.15) is 44.9 Å². The van der Waals surface area contributed by atoms with Crippen molar-refractivity contribution in [3.8, 4) is 11.5 Å². The quantitative estimate of drug-likeness (QED) is 0.236. The van der Waals surface area contributed by atoms with Crippen LogP contribution in [0.5, 0.6) is 11.5 Å². The second kappa shape index (κ2) is 10.7. The minimum Gasteiger partial charge on any atom is -0.507 e. The fourth-order valence-electron chi connectivity index (χ4n) is 4.16. The van der Waals surface area contributed by atoms with Crippen molar-refractivity contribution in [3.63, 3.8) is 0 Å². The van der Waals surface area contributed by atoms with E-state index in [-0.39, 0.29) is 17.4 Å². The fourth-order valence-corrected chi connectivity index (χ4v) is 4.16. The van der Waals surface area contributed by atoms with E-state index in [1.807, 2.05) is 58.0 Å². The Hall–Kier alpha value is -4.06. The van der Waals surface area contributed by atoms with E-state index in [2.05, 4.69) is 0 Å². The molecule has 6 heteroatoms. The van der Waals surface area contributed by atoms with Crippen LogP contribution in [0, 0.1) is 5.92 Å². The van der Waals surface area contributed by atoms with Gasteiger partial charge in [-0.15, -0.1) is 0 Å². The van der Waals surface area contributed by atoms with Crippen LogP contribution in [0.4, 0.5) is 5.69 Å². The molecular weight excluding hydrogens is 454 g/mol. The standard InChI is InChI=1S/C30H31NO5/c1-19(2)18-35-25-12-8-11-22(17-25)28(32)26-27(21-9-6-5-7-10-21)31(30(34)29(26)33)23-13-15-24(16-14-23)36-20(3)4/h5-17,19-20,27,32H,18H2,1-4H3/b28-26-. The van der Waals surface area contributed by atoms with Gasteiger partial charge >= 0.3 is 0 Å². The number of Topliss-reactive ketones (excluding diaryl/α,β-unsaturated/α-hetero) is 1. The van der Waals surface area contributed by atoms with E-state index < -0.39 is 17.7 Å². The Labute approximate surface area is 211 Å². The van der Waals surface area contributed by atoms with Gasteiger partial charge in [-0.2, -0.15) is 0 Å². The molecule has 1 heterocycles. The van der Waals surface area contributed by atoms with Crippen LogP contribution < -0.4 is 14.4 Å². The van der Waals surface area contributed by atoms with E-state index >= 15 is 0 Å². The van der Waals surface area contributed by atoms with Crippen molar-refractivity contribution in [2.45, 2.75) is 39.8 Å². The molecule has 0 aromatic heterocycles. The van der Waals surface area contributed by atoms with Gasteiger partial charge in [0.25, 0.3) is 11.7 Å². The lowest BCUT2D eigenvalue weighted by Gasteiger charge is -2.25. The number of hydrogen-bond donors (Lipinski definition) is 1. The molecule has 1 aliphatic heterocycles. The molecule has 0 bridgehead atoms. The molecule has 186 valence electrons. The van der Waals surface area contributed by atoms with Gasteiger partial charge < -0.3 is 14.6 Å². The minimum atomic E-state index is -0.789. The average Bonchev–Trinajstić information content (AvgIpc) is 3.13. The number of benzene rings is 3. The first-order chi connectivity index (χ1) is 17.3. The zero-order valence-corrected chi connectivity index (χ0v) is 21.0. The lowest BCUT2D eigenvalue weighted by molar-refractivity contribution is -0.132. The average molecular weight is 486 g/mol. The first-order valence-corrected chi connectivity index (χ1v) is 12.1. The Kier molecular flexibility index (Phi) is 7.44. The summed E-state index contributed by atoms with van der Waals surface area (Å²) in [6.45, 7) is 8.49. The van der Waals surface area contributed by atoms with Crippen LogP contribution in [-0.2, 0) is 9.59 Å². The van der Waals surface area contributed by atoms with Crippen molar-refractivity contribution >= 4 is 23.1 Å². The maximum absolute atomic E-state index is 13.3. The molecule has 0 saturated carbocycles. The van der Waals surface area contributed by atoms with Crippen LogP contribution in [0.15, 0.2) is 84.4 Å². The fraction of sp³-hybridized carbons (Fsp3) is 0.267. The predicted molar refractivity (Wildman–Crippen MR) is 140 cm³/mol. The molecule has 0 aliphatic carbocycles. The van der Waals surface area contributed by atoms with Gasteiger partial charge in [0.2, 0.25) is 0 Å². The molecule has 4 rings (SSSR count). The van der Waals surface area contributed by atoms with Gasteiger partial charge in [-0.25, -0.2) is 0 Å². The number of rotatable bonds is 8. The van der Waals surface area contributed by atoms with Gasteiger partial charge in [0, 0.05) is 11.3 Å². The van der Waals surface area contributed by atoms with Gasteiger partial charge in [0.15, 0.2) is 0 Å². The van der Waals surface area contributed by atoms with Crippen molar-refractivity contribution in [2.24, 2.45) is 5.92 Å². The highest BCUT2D eigenvalue weighted by Gasteiger charge is 2.46. The van der Waals surface area contributed by atoms with Crippen LogP contribution in [0.25, 0.3) is 5.76 Å². The summed E-state index contributed by atoms with van der Waals surface area (Å²) in [6, 6.07) is 22.4. The number of hydrogen-bond acceptors (Lipinski definition) is 5. The summed E-state index contributed by atoms with van der Waals surface area (Å²) in [5, 5.41) is 11.4. The normalized spacial score (nSPS) is 17.2. The first kappa shape index (κ1) is 25.0. The Morgan fingerprint density at radius 2 is 1.58 bits per heavy atom. The number of carbonyl (C=O) groups is 2. The van der Waals surface area contributed by atoms with Crippen molar-refractivity contribution in [2.75, 3.05) is 11.5 Å². The van der Waals surface area contributed by atoms with Gasteiger partial charge in [-0.3, -0.25) is 14.5 Å². The smallest absolute Gasteiger partial charge is 0.300 e. The van der Waals surface area contributed by atoms with Gasteiger partial charge in [-0.1, -0.05) is 56.3 Å². The Bertz CT molecular complexity index is 1260. The molecule has 3 aromatic carbocycles. The molecule has 1 atom stereocenters. The van der Waals surface area contributed by atoms with Crippen molar-refractivity contribution in [1.82, 2.24) is 0 Å². The third-order valence-corrected chi connectivity index (χ3v) is 5.74. The summed E-state index contributed by atoms with van der Waals surface area (Å²) in [6.07, 6.45) is 0.00896. The van der Waals surface area contributed by atoms with Crippen molar-refractivity contribution < 1.29 is 24.2 Å². The topological polar surface area (TPSA) is 76.1 Å². The number of nitrogens with zero attached hydrogens (tertiary/aromatic N) is 1. The van der Waals surface area contributed by atoms with Crippen LogP contribution in [-0.4, -0.2) is 29.5 Å². The number of amides is 1. The van der Waals surface area contributed by atoms with Crippen LogP contribution in [0.2, 0.25) is 0 Å². The third kappa shape index (κ3) is 5.28. The summed E-state index contributed by atoms with van der Waals surface area (Å²) in [4.78, 5) is 28.1. The van der Waals surface area contributed by atoms with E-state index in [1.54, 1.807) is 48.5 Å². The number of ketones is 1. The van der Waals surface area contributed by atoms with E-state index in [9.17, 15) is 14.7 Å². The highest BCUT2D eigenvalue weighted by Crippen LogP contribution is 2.42. The molecule has 6 nitrogen and oxygen atoms in total. The molecule has 36 heavy (non-hydrogen) atoms. The second-order valence-electron chi connectivity index (χ2n) is 9.47. The largest absolute Gasteiger partial charge is 0.507 e. The highest BCUT2D eigenvalue weighted by molar-refractivity contribution is 6.51. The Morgan fingerprint density at radius 3 is 2.22 bits per heavy atom. The van der Waals surface area contributed by atoms with Crippen LogP contribution in [0.3, 0.4) is 0 Å². The van der Waals surface area contributed by atoms with Crippen LogP contribution >= 0.6 is 0 Å². The molecule has 1 aliphatic rings. The van der Waals surface area contributed by atoms with Gasteiger partial charge in [0.05, 0.1) is 24.3 Å². The van der Waals surface area contributed by atoms with E-state index in [1.165, 1.54) is 4.90 Å². The molecule has 1 N–H and O–H groups in total. The lowest BCUT2D eigenvalue weighted by Crippen LogP contribution is -2.29. The molecule has 1 unspecified atom stereocenters. The molecule has 1 saturated heterocycles. The number of anilines is 1. The second-order valence-corrected chi connectivity index (χ2v) is 9.47. The monoisotopic (exact) mass is 485 g/mol. The first-order valence-electron chi connectivity index (χ1n) is 12.1. The highest BCUT2D eigenvalue weighted by atomic mass is 16.5. The minimum absolute atomic E-state index is 0.00896. The Balaban J connectivity index is 1.80. The summed E-state index contributed by atoms with van der Waals surface area (Å²) in [5.74, 6) is -0.0891. The zero-order valence-electron chi connectivity index (χ0n) is 21.0. The van der Waals surface area contributed by atoms with E-state index in [0.29, 0.717) is 40.8 Å². The molecular formula is C30H31NO5.